The number of rotatable bonds is 3. The molecule has 0 saturated heterocycles. The number of aliphatic hydroxyl groups excluding tert-OH is 1. The van der Waals surface area contributed by atoms with Gasteiger partial charge in [0.1, 0.15) is 0 Å². The number of halogens is 1. The molecule has 1 aromatic carbocycles. The van der Waals surface area contributed by atoms with Crippen LogP contribution in [0.5, 0.6) is 0 Å². The highest BCUT2D eigenvalue weighted by molar-refractivity contribution is 6.31. The molecule has 1 amide bonds. The molecule has 1 aliphatic heterocycles. The van der Waals surface area contributed by atoms with Crippen LogP contribution in [0.3, 0.4) is 0 Å². The van der Waals surface area contributed by atoms with Crippen molar-refractivity contribution in [3.63, 3.8) is 0 Å². The maximum absolute atomic E-state index is 13.0. The van der Waals surface area contributed by atoms with Crippen molar-refractivity contribution < 1.29 is 14.7 Å². The van der Waals surface area contributed by atoms with E-state index < -0.39 is 23.1 Å². The van der Waals surface area contributed by atoms with E-state index in [1.54, 1.807) is 69.6 Å². The summed E-state index contributed by atoms with van der Waals surface area (Å²) in [5.74, 6) is -1.43. The van der Waals surface area contributed by atoms with Crippen LogP contribution in [0.1, 0.15) is 32.4 Å². The van der Waals surface area contributed by atoms with Crippen LogP contribution in [0.15, 0.2) is 60.1 Å². The number of pyridine rings is 1. The fourth-order valence-corrected chi connectivity index (χ4v) is 3.18. The van der Waals surface area contributed by atoms with E-state index in [0.29, 0.717) is 16.3 Å². The SMILES string of the molecule is CC(C)(C)C(=O)C1=C(O)C(=O)N(c2cccc(Cl)c2)C1c1ccncc1. The van der Waals surface area contributed by atoms with Gasteiger partial charge < -0.3 is 5.11 Å². The molecular weight excluding hydrogens is 352 g/mol. The maximum Gasteiger partial charge on any atom is 0.294 e. The number of aromatic nitrogens is 1. The van der Waals surface area contributed by atoms with Crippen molar-refractivity contribution in [2.24, 2.45) is 5.41 Å². The summed E-state index contributed by atoms with van der Waals surface area (Å²) >= 11 is 6.08. The first kappa shape index (κ1) is 18.1. The van der Waals surface area contributed by atoms with Crippen LogP contribution in [-0.4, -0.2) is 21.8 Å². The molecule has 1 unspecified atom stereocenters. The van der Waals surface area contributed by atoms with Crippen LogP contribution in [0.4, 0.5) is 5.69 Å². The van der Waals surface area contributed by atoms with Gasteiger partial charge in [0.2, 0.25) is 0 Å². The molecule has 2 aromatic rings. The summed E-state index contributed by atoms with van der Waals surface area (Å²) in [4.78, 5) is 31.3. The van der Waals surface area contributed by atoms with E-state index >= 15 is 0 Å². The predicted octanol–water partition coefficient (Wildman–Crippen LogP) is 4.25. The van der Waals surface area contributed by atoms with Gasteiger partial charge in [-0.25, -0.2) is 0 Å². The van der Waals surface area contributed by atoms with Crippen molar-refractivity contribution in [2.75, 3.05) is 4.90 Å². The number of hydrogen-bond acceptors (Lipinski definition) is 4. The van der Waals surface area contributed by atoms with E-state index in [1.165, 1.54) is 4.90 Å². The molecule has 26 heavy (non-hydrogen) atoms. The summed E-state index contributed by atoms with van der Waals surface area (Å²) in [5.41, 5.74) is 0.533. The number of hydrogen-bond donors (Lipinski definition) is 1. The number of ketones is 1. The molecule has 1 atom stereocenters. The second kappa shape index (κ2) is 6.57. The van der Waals surface area contributed by atoms with Gasteiger partial charge in [-0.05, 0) is 35.9 Å². The molecule has 1 aromatic heterocycles. The van der Waals surface area contributed by atoms with Gasteiger partial charge in [-0.15, -0.1) is 0 Å². The Morgan fingerprint density at radius 2 is 1.85 bits per heavy atom. The lowest BCUT2D eigenvalue weighted by Gasteiger charge is -2.28. The lowest BCUT2D eigenvalue weighted by Crippen LogP contribution is -2.32. The summed E-state index contributed by atoms with van der Waals surface area (Å²) in [7, 11) is 0. The van der Waals surface area contributed by atoms with Crippen molar-refractivity contribution in [3.8, 4) is 0 Å². The van der Waals surface area contributed by atoms with E-state index in [2.05, 4.69) is 4.98 Å². The highest BCUT2D eigenvalue weighted by atomic mass is 35.5. The molecule has 0 fully saturated rings. The number of Topliss-reactive ketones (excluding diaryl/α,β-unsaturated/α-hetero) is 1. The lowest BCUT2D eigenvalue weighted by atomic mass is 9.82. The van der Waals surface area contributed by atoms with Gasteiger partial charge in [0.25, 0.3) is 5.91 Å². The number of carbonyl (C=O) groups excluding carboxylic acids is 2. The largest absolute Gasteiger partial charge is 0.503 e. The minimum absolute atomic E-state index is 0.0914. The van der Waals surface area contributed by atoms with E-state index in [4.69, 9.17) is 11.6 Å². The summed E-state index contributed by atoms with van der Waals surface area (Å²) in [6.07, 6.45) is 3.18. The number of benzene rings is 1. The zero-order valence-electron chi connectivity index (χ0n) is 14.7. The number of aliphatic hydroxyl groups is 1. The van der Waals surface area contributed by atoms with E-state index in [0.717, 1.165) is 0 Å². The Bertz CT molecular complexity index is 901. The Morgan fingerprint density at radius 1 is 1.19 bits per heavy atom. The Hall–Kier alpha value is -2.66. The Morgan fingerprint density at radius 3 is 2.42 bits per heavy atom. The number of anilines is 1. The molecule has 0 spiro atoms. The molecule has 0 radical (unpaired) electrons. The van der Waals surface area contributed by atoms with Crippen LogP contribution >= 0.6 is 11.6 Å². The van der Waals surface area contributed by atoms with Crippen molar-refractivity contribution in [3.05, 3.63) is 70.7 Å². The number of amides is 1. The van der Waals surface area contributed by atoms with Crippen molar-refractivity contribution in [1.29, 1.82) is 0 Å². The van der Waals surface area contributed by atoms with Crippen molar-refractivity contribution in [2.45, 2.75) is 26.8 Å². The van der Waals surface area contributed by atoms with Gasteiger partial charge in [0.15, 0.2) is 11.5 Å². The summed E-state index contributed by atoms with van der Waals surface area (Å²) in [6, 6.07) is 9.47. The van der Waals surface area contributed by atoms with Gasteiger partial charge in [0, 0.05) is 28.5 Å². The molecule has 134 valence electrons. The average Bonchev–Trinajstić information content (AvgIpc) is 2.85. The molecule has 5 nitrogen and oxygen atoms in total. The zero-order valence-corrected chi connectivity index (χ0v) is 15.5. The predicted molar refractivity (Wildman–Crippen MR) is 100 cm³/mol. The molecule has 2 heterocycles. The molecule has 6 heteroatoms. The summed E-state index contributed by atoms with van der Waals surface area (Å²) in [6.45, 7) is 5.27. The van der Waals surface area contributed by atoms with Crippen LogP contribution in [-0.2, 0) is 9.59 Å². The first-order valence-corrected chi connectivity index (χ1v) is 8.56. The van der Waals surface area contributed by atoms with Crippen LogP contribution in [0.25, 0.3) is 0 Å². The summed E-state index contributed by atoms with van der Waals surface area (Å²) < 4.78 is 0. The zero-order chi connectivity index (χ0) is 19.1. The molecule has 0 aliphatic carbocycles. The van der Waals surface area contributed by atoms with Gasteiger partial charge in [-0.1, -0.05) is 38.4 Å². The quantitative estimate of drug-likeness (QED) is 0.876. The molecule has 3 rings (SSSR count). The van der Waals surface area contributed by atoms with Gasteiger partial charge in [0.05, 0.1) is 11.6 Å². The van der Waals surface area contributed by atoms with Crippen LogP contribution in [0, 0.1) is 5.41 Å². The Labute approximate surface area is 156 Å². The van der Waals surface area contributed by atoms with Crippen LogP contribution in [0.2, 0.25) is 5.02 Å². The third-order valence-corrected chi connectivity index (χ3v) is 4.48. The molecule has 0 bridgehead atoms. The molecular formula is C20H19ClN2O3. The van der Waals surface area contributed by atoms with Gasteiger partial charge in [-0.2, -0.15) is 0 Å². The second-order valence-electron chi connectivity index (χ2n) is 7.18. The summed E-state index contributed by atoms with van der Waals surface area (Å²) in [5, 5.41) is 11.0. The Kier molecular flexibility index (Phi) is 4.59. The third-order valence-electron chi connectivity index (χ3n) is 4.24. The second-order valence-corrected chi connectivity index (χ2v) is 7.62. The fraction of sp³-hybridized carbons (Fsp3) is 0.250. The minimum atomic E-state index is -0.751. The standard InChI is InChI=1S/C20H19ClN2O3/c1-20(2,3)18(25)15-16(12-7-9-22-10-8-12)23(19(26)17(15)24)14-6-4-5-13(21)11-14/h4-11,16,24H,1-3H3. The lowest BCUT2D eigenvalue weighted by molar-refractivity contribution is -0.123. The highest BCUT2D eigenvalue weighted by Gasteiger charge is 2.46. The highest BCUT2D eigenvalue weighted by Crippen LogP contribution is 2.43. The van der Waals surface area contributed by atoms with Crippen LogP contribution < -0.4 is 4.90 Å². The van der Waals surface area contributed by atoms with E-state index in [9.17, 15) is 14.7 Å². The molecule has 1 aliphatic rings. The molecule has 1 N–H and O–H groups in total. The average molecular weight is 371 g/mol. The van der Waals surface area contributed by atoms with Crippen molar-refractivity contribution in [1.82, 2.24) is 4.98 Å². The fourth-order valence-electron chi connectivity index (χ4n) is 2.99. The van der Waals surface area contributed by atoms with Crippen molar-refractivity contribution >= 4 is 29.0 Å². The van der Waals surface area contributed by atoms with E-state index in [-0.39, 0.29) is 11.4 Å². The van der Waals surface area contributed by atoms with Gasteiger partial charge >= 0.3 is 0 Å². The third kappa shape index (κ3) is 3.10. The number of nitrogens with zero attached hydrogens (tertiary/aromatic N) is 2. The molecule has 0 saturated carbocycles. The first-order valence-electron chi connectivity index (χ1n) is 8.19. The van der Waals surface area contributed by atoms with Gasteiger partial charge in [-0.3, -0.25) is 19.5 Å². The minimum Gasteiger partial charge on any atom is -0.503 e. The topological polar surface area (TPSA) is 70.5 Å². The van der Waals surface area contributed by atoms with E-state index in [1.807, 2.05) is 0 Å². The smallest absolute Gasteiger partial charge is 0.294 e. The Balaban J connectivity index is 2.21. The first-order chi connectivity index (χ1) is 12.2. The maximum atomic E-state index is 13.0. The monoisotopic (exact) mass is 370 g/mol. The number of carbonyl (C=O) groups is 2. The normalized spacial score (nSPS) is 17.8.